The van der Waals surface area contributed by atoms with E-state index >= 15 is 0 Å². The van der Waals surface area contributed by atoms with Crippen molar-refractivity contribution in [1.82, 2.24) is 10.6 Å². The van der Waals surface area contributed by atoms with Gasteiger partial charge in [0.05, 0.1) is 17.2 Å². The average molecular weight is 578 g/mol. The first-order valence-corrected chi connectivity index (χ1v) is 14.7. The summed E-state index contributed by atoms with van der Waals surface area (Å²) in [5, 5.41) is 9.63. The number of halogens is 3. The van der Waals surface area contributed by atoms with Crippen molar-refractivity contribution in [2.75, 3.05) is 11.9 Å². The first-order chi connectivity index (χ1) is 18.6. The van der Waals surface area contributed by atoms with Crippen molar-refractivity contribution >= 4 is 39.7 Å². The molecule has 0 radical (unpaired) electrons. The summed E-state index contributed by atoms with van der Waals surface area (Å²) in [6, 6.07) is 4.71. The van der Waals surface area contributed by atoms with E-state index in [4.69, 9.17) is 4.74 Å². The van der Waals surface area contributed by atoms with E-state index in [0.29, 0.717) is 22.7 Å². The van der Waals surface area contributed by atoms with Gasteiger partial charge in [-0.05, 0) is 86.9 Å². The molecule has 2 aliphatic rings. The van der Waals surface area contributed by atoms with Gasteiger partial charge in [0.1, 0.15) is 5.00 Å². The molecule has 208 valence electrons. The minimum Gasteiger partial charge on any atom is -0.459 e. The molecule has 1 aromatic carbocycles. The van der Waals surface area contributed by atoms with Crippen molar-refractivity contribution in [3.8, 4) is 10.4 Å². The van der Waals surface area contributed by atoms with Gasteiger partial charge in [-0.25, -0.2) is 9.59 Å². The van der Waals surface area contributed by atoms with Gasteiger partial charge in [-0.15, -0.1) is 22.7 Å². The third-order valence-electron chi connectivity index (χ3n) is 6.88. The van der Waals surface area contributed by atoms with Gasteiger partial charge in [-0.3, -0.25) is 5.32 Å². The van der Waals surface area contributed by atoms with E-state index < -0.39 is 23.7 Å². The Hall–Kier alpha value is -2.89. The lowest BCUT2D eigenvalue weighted by Gasteiger charge is -2.16. The highest BCUT2D eigenvalue weighted by Gasteiger charge is 2.31. The number of esters is 1. The largest absolute Gasteiger partial charge is 0.459 e. The molecule has 1 aliphatic carbocycles. The zero-order valence-electron chi connectivity index (χ0n) is 21.7. The molecule has 1 aliphatic heterocycles. The van der Waals surface area contributed by atoms with Gasteiger partial charge in [0.25, 0.3) is 0 Å². The molecule has 0 saturated heterocycles. The van der Waals surface area contributed by atoms with Crippen LogP contribution >= 0.6 is 22.7 Å². The molecule has 2 amide bonds. The first kappa shape index (κ1) is 27.7. The molecule has 6 nitrogen and oxygen atoms in total. The summed E-state index contributed by atoms with van der Waals surface area (Å²) in [5.74, 6) is -0.427. The van der Waals surface area contributed by atoms with Crippen LogP contribution < -0.4 is 16.0 Å². The number of benzene rings is 1. The van der Waals surface area contributed by atoms with Gasteiger partial charge in [-0.1, -0.05) is 12.1 Å². The highest BCUT2D eigenvalue weighted by atomic mass is 32.1. The maximum Gasteiger partial charge on any atom is 0.416 e. The molecule has 0 spiro atoms. The minimum absolute atomic E-state index is 0.213. The van der Waals surface area contributed by atoms with Gasteiger partial charge < -0.3 is 15.4 Å². The number of alkyl halides is 3. The Bertz CT molecular complexity index is 1380. The molecule has 0 saturated carbocycles. The quantitative estimate of drug-likeness (QED) is 0.278. The number of carbonyl (C=O) groups is 2. The minimum atomic E-state index is -4.40. The SMILES string of the molecule is CC(C)OC(=O)c1c(NC(=O)NCc2c(-c3ccc(C(F)(F)F)cc3)sc3c2CCNC3)sc2c1CCCC2. The van der Waals surface area contributed by atoms with E-state index in [-0.39, 0.29) is 12.6 Å². The lowest BCUT2D eigenvalue weighted by atomic mass is 9.95. The zero-order valence-corrected chi connectivity index (χ0v) is 23.4. The number of nitrogens with one attached hydrogen (secondary N) is 3. The Morgan fingerprint density at radius 2 is 1.77 bits per heavy atom. The lowest BCUT2D eigenvalue weighted by Crippen LogP contribution is -2.30. The fourth-order valence-electron chi connectivity index (χ4n) is 5.09. The maximum absolute atomic E-state index is 13.1. The Labute approximate surface area is 233 Å². The second kappa shape index (κ2) is 11.3. The number of fused-ring (bicyclic) bond motifs is 2. The van der Waals surface area contributed by atoms with E-state index in [0.717, 1.165) is 82.1 Å². The van der Waals surface area contributed by atoms with Crippen LogP contribution in [0.15, 0.2) is 24.3 Å². The molecule has 3 N–H and O–H groups in total. The Balaban J connectivity index is 1.37. The Kier molecular flexibility index (Phi) is 8.02. The number of carbonyl (C=O) groups excluding carboxylic acids is 2. The fourth-order valence-corrected chi connectivity index (χ4v) is 7.70. The van der Waals surface area contributed by atoms with Crippen LogP contribution in [0.5, 0.6) is 0 Å². The maximum atomic E-state index is 13.1. The monoisotopic (exact) mass is 577 g/mol. The van der Waals surface area contributed by atoms with E-state index in [1.165, 1.54) is 34.8 Å². The molecular weight excluding hydrogens is 547 g/mol. The van der Waals surface area contributed by atoms with Crippen LogP contribution in [-0.4, -0.2) is 24.6 Å². The average Bonchev–Trinajstić information content (AvgIpc) is 3.44. The smallest absolute Gasteiger partial charge is 0.416 e. The third kappa shape index (κ3) is 6.00. The summed E-state index contributed by atoms with van der Waals surface area (Å²) < 4.78 is 44.8. The molecule has 3 aromatic rings. The van der Waals surface area contributed by atoms with Crippen LogP contribution in [0.3, 0.4) is 0 Å². The number of thiophene rings is 2. The lowest BCUT2D eigenvalue weighted by molar-refractivity contribution is -0.137. The van der Waals surface area contributed by atoms with Crippen molar-refractivity contribution in [1.29, 1.82) is 0 Å². The van der Waals surface area contributed by atoms with Gasteiger partial charge in [0, 0.05) is 27.7 Å². The van der Waals surface area contributed by atoms with Gasteiger partial charge in [0.2, 0.25) is 0 Å². The molecule has 0 bridgehead atoms. The highest BCUT2D eigenvalue weighted by Crippen LogP contribution is 2.41. The second-order valence-corrected chi connectivity index (χ2v) is 12.2. The second-order valence-electron chi connectivity index (χ2n) is 9.99. The number of urea groups is 1. The standard InChI is InChI=1S/C28H30F3N3O3S2/c1-15(2)37-26(35)23-19-5-3-4-6-21(19)39-25(23)34-27(36)33-13-20-18-11-12-32-14-22(18)38-24(20)16-7-9-17(10-8-16)28(29,30)31/h7-10,15,32H,3-6,11-14H2,1-2H3,(H2,33,34,36). The Morgan fingerprint density at radius 1 is 1.03 bits per heavy atom. The predicted octanol–water partition coefficient (Wildman–Crippen LogP) is 6.91. The van der Waals surface area contributed by atoms with Crippen molar-refractivity contribution < 1.29 is 27.5 Å². The first-order valence-electron chi connectivity index (χ1n) is 13.0. The van der Waals surface area contributed by atoms with E-state index in [1.54, 1.807) is 13.8 Å². The zero-order chi connectivity index (χ0) is 27.7. The van der Waals surface area contributed by atoms with Gasteiger partial charge in [0.15, 0.2) is 0 Å². The normalized spacial score (nSPS) is 15.0. The molecule has 5 rings (SSSR count). The van der Waals surface area contributed by atoms with Crippen molar-refractivity contribution in [2.24, 2.45) is 0 Å². The number of anilines is 1. The van der Waals surface area contributed by atoms with Crippen molar-refractivity contribution in [2.45, 2.75) is 71.3 Å². The molecule has 2 aromatic heterocycles. The van der Waals surface area contributed by atoms with Crippen LogP contribution in [0, 0.1) is 0 Å². The van der Waals surface area contributed by atoms with E-state index in [1.807, 2.05) is 0 Å². The molecule has 39 heavy (non-hydrogen) atoms. The summed E-state index contributed by atoms with van der Waals surface area (Å²) in [6.07, 6.45) is -0.221. The fraction of sp³-hybridized carbons (Fsp3) is 0.429. The van der Waals surface area contributed by atoms with Crippen LogP contribution in [0.25, 0.3) is 10.4 Å². The van der Waals surface area contributed by atoms with Crippen molar-refractivity contribution in [3.63, 3.8) is 0 Å². The van der Waals surface area contributed by atoms with E-state index in [9.17, 15) is 22.8 Å². The van der Waals surface area contributed by atoms with Crippen LogP contribution in [0.2, 0.25) is 0 Å². The summed E-state index contributed by atoms with van der Waals surface area (Å²) in [4.78, 5) is 29.1. The van der Waals surface area contributed by atoms with Gasteiger partial charge in [-0.2, -0.15) is 13.2 Å². The number of amides is 2. The van der Waals surface area contributed by atoms with Crippen molar-refractivity contribution in [3.05, 3.63) is 61.8 Å². The summed E-state index contributed by atoms with van der Waals surface area (Å²) in [6.45, 7) is 5.27. The molecule has 0 atom stereocenters. The van der Waals surface area contributed by atoms with E-state index in [2.05, 4.69) is 16.0 Å². The molecular formula is C28H30F3N3O3S2. The number of hydrogen-bond donors (Lipinski definition) is 3. The third-order valence-corrected chi connectivity index (χ3v) is 9.41. The summed E-state index contributed by atoms with van der Waals surface area (Å²) in [7, 11) is 0. The molecule has 0 fully saturated rings. The van der Waals surface area contributed by atoms with Crippen LogP contribution in [0.4, 0.5) is 23.0 Å². The topological polar surface area (TPSA) is 79.5 Å². The summed E-state index contributed by atoms with van der Waals surface area (Å²) in [5.41, 5.74) is 3.44. The van der Waals surface area contributed by atoms with Gasteiger partial charge >= 0.3 is 18.2 Å². The number of rotatable bonds is 6. The number of aryl methyl sites for hydroxylation is 1. The molecule has 0 unspecified atom stereocenters. The molecule has 3 heterocycles. The summed E-state index contributed by atoms with van der Waals surface area (Å²) >= 11 is 2.96. The number of ether oxygens (including phenoxy) is 1. The Morgan fingerprint density at radius 3 is 2.49 bits per heavy atom. The van der Waals surface area contributed by atoms with Crippen LogP contribution in [-0.2, 0) is 43.3 Å². The predicted molar refractivity (Wildman–Crippen MR) is 148 cm³/mol. The molecule has 11 heteroatoms. The number of hydrogen-bond acceptors (Lipinski definition) is 6. The highest BCUT2D eigenvalue weighted by molar-refractivity contribution is 7.17. The van der Waals surface area contributed by atoms with Crippen LogP contribution in [0.1, 0.15) is 69.1 Å².